The van der Waals surface area contributed by atoms with Gasteiger partial charge in [0.25, 0.3) is 0 Å². The first-order chi connectivity index (χ1) is 12.6. The highest BCUT2D eigenvalue weighted by atomic mass is 32.2. The summed E-state index contributed by atoms with van der Waals surface area (Å²) >= 11 is 0. The Labute approximate surface area is 152 Å². The molecule has 0 radical (unpaired) electrons. The van der Waals surface area contributed by atoms with Crippen molar-refractivity contribution in [3.63, 3.8) is 0 Å². The Balaban J connectivity index is 1.50. The summed E-state index contributed by atoms with van der Waals surface area (Å²) in [5.74, 6) is 1.69. The van der Waals surface area contributed by atoms with Gasteiger partial charge in [0, 0.05) is 18.2 Å². The molecule has 2 aliphatic carbocycles. The minimum Gasteiger partial charge on any atom is -0.345 e. The van der Waals surface area contributed by atoms with E-state index in [1.165, 1.54) is 0 Å². The molecule has 7 nitrogen and oxygen atoms in total. The number of H-pyrrole nitrogens is 1. The molecule has 5 rings (SSSR count). The van der Waals surface area contributed by atoms with Gasteiger partial charge in [-0.2, -0.15) is 0 Å². The number of rotatable bonds is 5. The molecule has 0 spiro atoms. The largest absolute Gasteiger partial charge is 0.345 e. The van der Waals surface area contributed by atoms with Gasteiger partial charge in [-0.3, -0.25) is 4.40 Å². The second-order valence-corrected chi connectivity index (χ2v) is 9.64. The van der Waals surface area contributed by atoms with E-state index < -0.39 is 10.0 Å². The van der Waals surface area contributed by atoms with Gasteiger partial charge >= 0.3 is 0 Å². The number of imidazole rings is 1. The van der Waals surface area contributed by atoms with Crippen LogP contribution in [0.4, 0.5) is 0 Å². The van der Waals surface area contributed by atoms with Gasteiger partial charge in [0.05, 0.1) is 28.7 Å². The third-order valence-corrected chi connectivity index (χ3v) is 7.94. The Morgan fingerprint density at radius 2 is 2.08 bits per heavy atom. The predicted molar refractivity (Wildman–Crippen MR) is 99.5 cm³/mol. The second-order valence-electron chi connectivity index (χ2n) is 7.65. The summed E-state index contributed by atoms with van der Waals surface area (Å²) in [6, 6.07) is 2.02. The van der Waals surface area contributed by atoms with Gasteiger partial charge in [0.2, 0.25) is 10.0 Å². The van der Waals surface area contributed by atoms with Crippen molar-refractivity contribution in [2.75, 3.05) is 0 Å². The lowest BCUT2D eigenvalue weighted by Gasteiger charge is -2.17. The van der Waals surface area contributed by atoms with Crippen LogP contribution >= 0.6 is 0 Å². The minimum absolute atomic E-state index is 0.00597. The molecule has 2 aliphatic rings. The topological polar surface area (TPSA) is 92.2 Å². The van der Waals surface area contributed by atoms with E-state index in [0.717, 1.165) is 54.6 Å². The summed E-state index contributed by atoms with van der Waals surface area (Å²) in [6.45, 7) is 2.18. The first-order valence-corrected chi connectivity index (χ1v) is 10.9. The van der Waals surface area contributed by atoms with Crippen LogP contribution in [0.25, 0.3) is 16.7 Å². The van der Waals surface area contributed by atoms with Gasteiger partial charge in [-0.05, 0) is 37.7 Å². The van der Waals surface area contributed by atoms with Crippen molar-refractivity contribution in [2.24, 2.45) is 5.92 Å². The molecule has 3 aromatic rings. The maximum absolute atomic E-state index is 12.3. The molecule has 0 aliphatic heterocycles. The Morgan fingerprint density at radius 3 is 2.85 bits per heavy atom. The molecule has 138 valence electrons. The summed E-state index contributed by atoms with van der Waals surface area (Å²) in [4.78, 5) is 12.3. The van der Waals surface area contributed by atoms with E-state index in [4.69, 9.17) is 4.98 Å². The van der Waals surface area contributed by atoms with E-state index in [2.05, 4.69) is 26.0 Å². The fourth-order valence-electron chi connectivity index (χ4n) is 4.46. The van der Waals surface area contributed by atoms with Gasteiger partial charge in [-0.15, -0.1) is 0 Å². The van der Waals surface area contributed by atoms with Crippen LogP contribution in [0.5, 0.6) is 0 Å². The van der Waals surface area contributed by atoms with Crippen LogP contribution in [0.3, 0.4) is 0 Å². The summed E-state index contributed by atoms with van der Waals surface area (Å²) in [5.41, 5.74) is 2.84. The second kappa shape index (κ2) is 5.79. The number of hydrogen-bond donors (Lipinski definition) is 2. The number of aromatic nitrogens is 4. The highest BCUT2D eigenvalue weighted by Gasteiger charge is 2.42. The number of aromatic amines is 1. The molecular weight excluding hydrogens is 350 g/mol. The van der Waals surface area contributed by atoms with Crippen LogP contribution in [0.1, 0.15) is 50.8 Å². The molecule has 26 heavy (non-hydrogen) atoms. The normalized spacial score (nSPS) is 26.9. The zero-order chi connectivity index (χ0) is 17.9. The van der Waals surface area contributed by atoms with E-state index in [1.54, 1.807) is 0 Å². The fraction of sp³-hybridized carbons (Fsp3) is 0.556. The molecule has 0 bridgehead atoms. The maximum Gasteiger partial charge on any atom is 0.214 e. The average molecular weight is 373 g/mol. The van der Waals surface area contributed by atoms with Gasteiger partial charge in [-0.1, -0.05) is 13.3 Å². The molecule has 8 heteroatoms. The smallest absolute Gasteiger partial charge is 0.214 e. The first-order valence-electron chi connectivity index (χ1n) is 9.37. The van der Waals surface area contributed by atoms with Crippen molar-refractivity contribution >= 4 is 26.7 Å². The molecule has 3 aromatic heterocycles. The molecule has 0 amide bonds. The molecule has 2 fully saturated rings. The highest BCUT2D eigenvalue weighted by molar-refractivity contribution is 7.90. The third kappa shape index (κ3) is 2.54. The Kier molecular flexibility index (Phi) is 3.62. The molecule has 2 saturated carbocycles. The summed E-state index contributed by atoms with van der Waals surface area (Å²) in [5, 5.41) is -0.167. The Hall–Kier alpha value is -1.93. The van der Waals surface area contributed by atoms with Crippen molar-refractivity contribution in [3.8, 4) is 0 Å². The number of fused-ring (bicyclic) bond motifs is 3. The molecular formula is C18H23N5O2S. The molecule has 3 atom stereocenters. The lowest BCUT2D eigenvalue weighted by atomic mass is 9.93. The number of sulfonamides is 1. The Bertz CT molecular complexity index is 1070. The molecule has 3 heterocycles. The molecule has 0 aromatic carbocycles. The lowest BCUT2D eigenvalue weighted by Crippen LogP contribution is -2.35. The van der Waals surface area contributed by atoms with Crippen LogP contribution in [0.2, 0.25) is 0 Å². The van der Waals surface area contributed by atoms with Crippen molar-refractivity contribution in [1.29, 1.82) is 0 Å². The third-order valence-electron chi connectivity index (χ3n) is 5.93. The van der Waals surface area contributed by atoms with Crippen molar-refractivity contribution in [1.82, 2.24) is 24.1 Å². The maximum atomic E-state index is 12.3. The minimum atomic E-state index is -3.15. The average Bonchev–Trinajstić information content (AvgIpc) is 3.06. The Morgan fingerprint density at radius 1 is 1.27 bits per heavy atom. The zero-order valence-electron chi connectivity index (χ0n) is 14.7. The van der Waals surface area contributed by atoms with Crippen molar-refractivity contribution < 1.29 is 8.42 Å². The van der Waals surface area contributed by atoms with E-state index >= 15 is 0 Å². The van der Waals surface area contributed by atoms with Gasteiger partial charge < -0.3 is 4.98 Å². The van der Waals surface area contributed by atoms with Crippen LogP contribution in [0.15, 0.2) is 24.7 Å². The number of hydrogen-bond acceptors (Lipinski definition) is 4. The summed E-state index contributed by atoms with van der Waals surface area (Å²) < 4.78 is 29.8. The predicted octanol–water partition coefficient (Wildman–Crippen LogP) is 2.56. The van der Waals surface area contributed by atoms with Gasteiger partial charge in [0.1, 0.15) is 5.82 Å². The summed E-state index contributed by atoms with van der Waals surface area (Å²) in [7, 11) is -3.15. The van der Waals surface area contributed by atoms with E-state index in [0.29, 0.717) is 5.92 Å². The molecule has 0 unspecified atom stereocenters. The molecule has 2 N–H and O–H groups in total. The SMILES string of the molecule is CC[C@@H]1C[C@H](NS(=O)(=O)C2CC2)C[C@@H]1c1ncc2cnc3[nH]ccc3n12. The summed E-state index contributed by atoms with van der Waals surface area (Å²) in [6.07, 6.45) is 9.88. The van der Waals surface area contributed by atoms with Crippen LogP contribution in [-0.4, -0.2) is 39.1 Å². The van der Waals surface area contributed by atoms with E-state index in [1.807, 2.05) is 24.7 Å². The van der Waals surface area contributed by atoms with Crippen molar-refractivity contribution in [2.45, 2.75) is 56.2 Å². The van der Waals surface area contributed by atoms with Gasteiger partial charge in [-0.25, -0.2) is 23.1 Å². The fourth-order valence-corrected chi connectivity index (χ4v) is 6.06. The van der Waals surface area contributed by atoms with E-state index in [-0.39, 0.29) is 17.2 Å². The van der Waals surface area contributed by atoms with Gasteiger partial charge in [0.15, 0.2) is 5.65 Å². The monoisotopic (exact) mass is 373 g/mol. The van der Waals surface area contributed by atoms with Crippen LogP contribution in [-0.2, 0) is 10.0 Å². The van der Waals surface area contributed by atoms with Crippen molar-refractivity contribution in [3.05, 3.63) is 30.5 Å². The highest BCUT2D eigenvalue weighted by Crippen LogP contribution is 2.42. The lowest BCUT2D eigenvalue weighted by molar-refractivity contribution is 0.450. The first kappa shape index (κ1) is 16.3. The number of nitrogens with one attached hydrogen (secondary N) is 2. The standard InChI is InChI=1S/C18H23N5O2S/c1-2-11-7-12(22-26(24,25)14-3-4-14)8-15(11)18-21-10-13-9-20-17-16(23(13)18)5-6-19-17/h5-6,9-12,14-15,19,22H,2-4,7-8H2,1H3/t11-,12+,15+/m1/s1. The zero-order valence-corrected chi connectivity index (χ0v) is 15.5. The number of nitrogens with zero attached hydrogens (tertiary/aromatic N) is 3. The quantitative estimate of drug-likeness (QED) is 0.719. The van der Waals surface area contributed by atoms with Crippen LogP contribution in [0, 0.1) is 5.92 Å². The van der Waals surface area contributed by atoms with E-state index in [9.17, 15) is 8.42 Å². The van der Waals surface area contributed by atoms with Crippen LogP contribution < -0.4 is 4.72 Å². The molecule has 0 saturated heterocycles.